The first-order valence-electron chi connectivity index (χ1n) is 8.06. The van der Waals surface area contributed by atoms with Crippen molar-refractivity contribution in [3.8, 4) is 11.5 Å². The van der Waals surface area contributed by atoms with Gasteiger partial charge < -0.3 is 24.4 Å². The lowest BCUT2D eigenvalue weighted by molar-refractivity contribution is 0.0821. The average molecular weight is 353 g/mol. The third kappa shape index (κ3) is 2.78. The molecule has 0 bridgehead atoms. The van der Waals surface area contributed by atoms with Gasteiger partial charge in [0.05, 0.1) is 18.6 Å². The average Bonchev–Trinajstić information content (AvgIpc) is 2.81. The number of benzene rings is 1. The monoisotopic (exact) mass is 353 g/mol. The van der Waals surface area contributed by atoms with Crippen LogP contribution in [0.3, 0.4) is 0 Å². The van der Waals surface area contributed by atoms with Gasteiger partial charge in [0, 0.05) is 18.5 Å². The van der Waals surface area contributed by atoms with Gasteiger partial charge in [-0.05, 0) is 31.6 Å². The van der Waals surface area contributed by atoms with E-state index in [1.807, 2.05) is 12.1 Å². The van der Waals surface area contributed by atoms with E-state index in [9.17, 15) is 5.11 Å². The van der Waals surface area contributed by atoms with Crippen molar-refractivity contribution in [2.45, 2.75) is 37.0 Å². The van der Waals surface area contributed by atoms with E-state index in [-0.39, 0.29) is 11.5 Å². The molecule has 3 aliphatic rings. The minimum absolute atomic E-state index is 0.00838. The van der Waals surface area contributed by atoms with E-state index in [1.165, 1.54) is 11.1 Å². The van der Waals surface area contributed by atoms with E-state index in [2.05, 4.69) is 24.1 Å². The summed E-state index contributed by atoms with van der Waals surface area (Å²) in [7, 11) is 2.34. The maximum atomic E-state index is 9.97. The van der Waals surface area contributed by atoms with Gasteiger partial charge in [-0.3, -0.25) is 4.57 Å². The molecule has 0 radical (unpaired) electrons. The minimum atomic E-state index is -1.50. The normalized spacial score (nSPS) is 30.8. The maximum Gasteiger partial charge on any atom is 0.177 e. The van der Waals surface area contributed by atoms with Gasteiger partial charge in [-0.15, -0.1) is 0 Å². The maximum absolute atomic E-state index is 9.97. The van der Waals surface area contributed by atoms with E-state index >= 15 is 0 Å². The minimum Gasteiger partial charge on any atom is -0.493 e. The number of methoxy groups -OCH3 is 1. The van der Waals surface area contributed by atoms with Gasteiger partial charge >= 0.3 is 0 Å². The lowest BCUT2D eigenvalue weighted by Crippen LogP contribution is -2.42. The van der Waals surface area contributed by atoms with Gasteiger partial charge in [0.15, 0.2) is 20.2 Å². The zero-order valence-electron chi connectivity index (χ0n) is 13.9. The zero-order valence-corrected chi connectivity index (χ0v) is 15.1. The van der Waals surface area contributed by atoms with Crippen LogP contribution >= 0.6 is 8.69 Å². The summed E-state index contributed by atoms with van der Waals surface area (Å²) in [5.41, 5.74) is 2.48. The summed E-state index contributed by atoms with van der Waals surface area (Å²) in [4.78, 5) is 9.45. The Morgan fingerprint density at radius 1 is 1.46 bits per heavy atom. The fraction of sp³-hybridized carbons (Fsp3) is 0.529. The Hall–Kier alpha value is -1.33. The highest BCUT2D eigenvalue weighted by molar-refractivity contribution is 7.16. The number of aliphatic hydroxyl groups is 1. The van der Waals surface area contributed by atoms with Crippen molar-refractivity contribution in [3.05, 3.63) is 35.4 Å². The molecule has 1 aliphatic carbocycles. The van der Waals surface area contributed by atoms with Crippen molar-refractivity contribution < 1.29 is 24.0 Å². The second-order valence-corrected chi connectivity index (χ2v) is 6.74. The Kier molecular flexibility index (Phi) is 5.02. The number of ether oxygens (including phenoxy) is 2. The Morgan fingerprint density at radius 3 is 2.92 bits per heavy atom. The Morgan fingerprint density at radius 2 is 2.21 bits per heavy atom. The molecule has 132 valence electrons. The van der Waals surface area contributed by atoms with Crippen LogP contribution in [0.1, 0.15) is 24.0 Å². The smallest absolute Gasteiger partial charge is 0.177 e. The third-order valence-corrected chi connectivity index (χ3v) is 5.15. The highest BCUT2D eigenvalue weighted by atomic mass is 31.1. The van der Waals surface area contributed by atoms with Crippen LogP contribution in [0.4, 0.5) is 0 Å². The third-order valence-electron chi connectivity index (χ3n) is 5.15. The molecule has 24 heavy (non-hydrogen) atoms. The summed E-state index contributed by atoms with van der Waals surface area (Å²) in [5.74, 6) is 1.68. The summed E-state index contributed by atoms with van der Waals surface area (Å²) in [6.45, 7) is 1.96. The number of nitrogens with zero attached hydrogens (tertiary/aromatic N) is 1. The van der Waals surface area contributed by atoms with Crippen LogP contribution < -0.4 is 9.47 Å². The standard InChI is InChI=1S/C17H21NO3.H3O2P/c1-18-8-7-17-6-5-12(19)9-14(17)21-16-13(20-2)4-3-11(10-18)15(16)17;1-3-2/h3-6,12,14,19H,7-10H2,1-2H3;3H2,(H,1,2)/t12-,14-,17-;/m0./s1. The molecule has 4 rings (SSSR count). The molecule has 2 aliphatic heterocycles. The van der Waals surface area contributed by atoms with E-state index in [1.54, 1.807) is 7.11 Å². The van der Waals surface area contributed by atoms with Crippen LogP contribution in [0.2, 0.25) is 0 Å². The molecule has 0 aromatic heterocycles. The predicted octanol–water partition coefficient (Wildman–Crippen LogP) is 1.50. The number of rotatable bonds is 1. The predicted molar refractivity (Wildman–Crippen MR) is 92.4 cm³/mol. The van der Waals surface area contributed by atoms with E-state index in [4.69, 9.17) is 18.9 Å². The molecular formula is C17H24NO5P. The Bertz CT molecular complexity index is 665. The van der Waals surface area contributed by atoms with Crippen LogP contribution in [0, 0.1) is 0 Å². The second kappa shape index (κ2) is 6.89. The SMILES string of the molecule is COc1ccc2c3c1O[C@H]1C[C@@H](O)C=C[C@@]31CCN(C)C2.O=[PH2]O. The number of hydrogen-bond acceptors (Lipinski definition) is 5. The van der Waals surface area contributed by atoms with E-state index < -0.39 is 14.8 Å². The number of aliphatic hydroxyl groups excluding tert-OH is 1. The molecule has 6 nitrogen and oxygen atoms in total. The fourth-order valence-electron chi connectivity index (χ4n) is 4.08. The molecule has 0 saturated carbocycles. The highest BCUT2D eigenvalue weighted by Crippen LogP contribution is 2.55. The lowest BCUT2D eigenvalue weighted by atomic mass is 9.69. The molecule has 0 fully saturated rings. The molecule has 4 atom stereocenters. The second-order valence-electron chi connectivity index (χ2n) is 6.53. The molecule has 1 aromatic carbocycles. The van der Waals surface area contributed by atoms with Crippen molar-refractivity contribution in [2.24, 2.45) is 0 Å². The van der Waals surface area contributed by atoms with Crippen LogP contribution in [0.5, 0.6) is 11.5 Å². The molecule has 0 saturated heterocycles. The summed E-state index contributed by atoms with van der Waals surface area (Å²) < 4.78 is 20.3. The molecule has 1 spiro atoms. The molecule has 2 N–H and O–H groups in total. The van der Waals surface area contributed by atoms with Crippen LogP contribution in [-0.4, -0.2) is 47.8 Å². The van der Waals surface area contributed by atoms with Gasteiger partial charge in [0.25, 0.3) is 0 Å². The van der Waals surface area contributed by atoms with Crippen LogP contribution in [-0.2, 0) is 16.5 Å². The van der Waals surface area contributed by atoms with Gasteiger partial charge in [0.1, 0.15) is 6.10 Å². The fourth-order valence-corrected chi connectivity index (χ4v) is 4.08. The largest absolute Gasteiger partial charge is 0.493 e. The first kappa shape index (κ1) is 17.5. The molecule has 1 unspecified atom stereocenters. The van der Waals surface area contributed by atoms with Crippen molar-refractivity contribution in [1.29, 1.82) is 0 Å². The van der Waals surface area contributed by atoms with Gasteiger partial charge in [-0.1, -0.05) is 18.2 Å². The van der Waals surface area contributed by atoms with Crippen molar-refractivity contribution in [2.75, 3.05) is 20.7 Å². The zero-order chi connectivity index (χ0) is 17.3. The Labute approximate surface area is 143 Å². The van der Waals surface area contributed by atoms with Gasteiger partial charge in [-0.25, -0.2) is 0 Å². The molecule has 7 heteroatoms. The molecular weight excluding hydrogens is 329 g/mol. The highest BCUT2D eigenvalue weighted by Gasteiger charge is 2.52. The van der Waals surface area contributed by atoms with Gasteiger partial charge in [-0.2, -0.15) is 0 Å². The molecule has 1 aromatic rings. The van der Waals surface area contributed by atoms with Crippen molar-refractivity contribution in [3.63, 3.8) is 0 Å². The first-order valence-corrected chi connectivity index (χ1v) is 9.05. The first-order chi connectivity index (χ1) is 11.6. The van der Waals surface area contributed by atoms with Crippen LogP contribution in [0.15, 0.2) is 24.3 Å². The lowest BCUT2D eigenvalue weighted by Gasteiger charge is -2.35. The molecule has 0 amide bonds. The summed E-state index contributed by atoms with van der Waals surface area (Å²) in [6, 6.07) is 4.16. The quantitative estimate of drug-likeness (QED) is 0.588. The van der Waals surface area contributed by atoms with Crippen molar-refractivity contribution >= 4 is 8.69 Å². The number of hydrogen-bond donors (Lipinski definition) is 2. The summed E-state index contributed by atoms with van der Waals surface area (Å²) >= 11 is 0. The Balaban J connectivity index is 0.000000526. The van der Waals surface area contributed by atoms with Gasteiger partial charge in [0.2, 0.25) is 0 Å². The summed E-state index contributed by atoms with van der Waals surface area (Å²) in [5, 5.41) is 9.97. The van der Waals surface area contributed by atoms with Crippen LogP contribution in [0.25, 0.3) is 0 Å². The van der Waals surface area contributed by atoms with E-state index in [0.717, 1.165) is 31.0 Å². The summed E-state index contributed by atoms with van der Waals surface area (Å²) in [6.07, 6.45) is 5.38. The topological polar surface area (TPSA) is 79.2 Å². The van der Waals surface area contributed by atoms with Crippen molar-refractivity contribution in [1.82, 2.24) is 4.90 Å². The molecule has 2 heterocycles. The van der Waals surface area contributed by atoms with E-state index in [0.29, 0.717) is 6.42 Å².